The molecule has 1 N–H and O–H groups in total. The topological polar surface area (TPSA) is 77.5 Å². The Morgan fingerprint density at radius 3 is 2.36 bits per heavy atom. The average molecular weight is 342 g/mol. The number of rotatable bonds is 7. The van der Waals surface area contributed by atoms with Gasteiger partial charge in [0, 0.05) is 18.0 Å². The van der Waals surface area contributed by atoms with Crippen molar-refractivity contribution in [2.24, 2.45) is 0 Å². The second kappa shape index (κ2) is 8.82. The second-order valence-electron chi connectivity index (χ2n) is 5.73. The highest BCUT2D eigenvalue weighted by molar-refractivity contribution is 5.93. The van der Waals surface area contributed by atoms with Gasteiger partial charge in [0.1, 0.15) is 12.4 Å². The number of esters is 1. The molecule has 6 nitrogen and oxygen atoms in total. The third-order valence-electron chi connectivity index (χ3n) is 3.53. The predicted octanol–water partition coefficient (Wildman–Crippen LogP) is 2.36. The van der Waals surface area contributed by atoms with E-state index in [0.717, 1.165) is 16.7 Å². The van der Waals surface area contributed by atoms with Gasteiger partial charge in [-0.25, -0.2) is 4.79 Å². The SMILES string of the molecule is Cc1cc(C)c(OCC(=O)OCCNC(=O)c2ccncc2)c(C)c1. The number of nitrogens with one attached hydrogen (secondary N) is 1. The van der Waals surface area contributed by atoms with E-state index in [-0.39, 0.29) is 25.7 Å². The molecule has 2 aromatic rings. The first-order chi connectivity index (χ1) is 12.0. The van der Waals surface area contributed by atoms with Crippen molar-refractivity contribution in [2.45, 2.75) is 20.8 Å². The molecule has 0 saturated carbocycles. The van der Waals surface area contributed by atoms with Gasteiger partial charge in [0.2, 0.25) is 0 Å². The molecule has 0 aliphatic rings. The molecule has 2 rings (SSSR count). The fraction of sp³-hybridized carbons (Fsp3) is 0.316. The molecule has 0 aliphatic heterocycles. The standard InChI is InChI=1S/C19H22N2O4/c1-13-10-14(2)18(15(3)11-13)25-12-17(22)24-9-8-21-19(23)16-4-6-20-7-5-16/h4-7,10-11H,8-9,12H2,1-3H3,(H,21,23). The number of aryl methyl sites for hydroxylation is 3. The molecule has 0 saturated heterocycles. The summed E-state index contributed by atoms with van der Waals surface area (Å²) >= 11 is 0. The van der Waals surface area contributed by atoms with E-state index < -0.39 is 5.97 Å². The van der Waals surface area contributed by atoms with Crippen LogP contribution in [0.3, 0.4) is 0 Å². The van der Waals surface area contributed by atoms with Gasteiger partial charge in [-0.2, -0.15) is 0 Å². The Bertz CT molecular complexity index is 721. The molecular weight excluding hydrogens is 320 g/mol. The van der Waals surface area contributed by atoms with E-state index in [0.29, 0.717) is 11.3 Å². The first-order valence-corrected chi connectivity index (χ1v) is 8.02. The molecule has 25 heavy (non-hydrogen) atoms. The van der Waals surface area contributed by atoms with E-state index >= 15 is 0 Å². The van der Waals surface area contributed by atoms with Gasteiger partial charge in [0.05, 0.1) is 6.54 Å². The molecule has 0 fully saturated rings. The molecule has 0 radical (unpaired) electrons. The van der Waals surface area contributed by atoms with Crippen LogP contribution in [-0.4, -0.2) is 36.6 Å². The van der Waals surface area contributed by atoms with Crippen molar-refractivity contribution in [1.29, 1.82) is 0 Å². The van der Waals surface area contributed by atoms with Crippen LogP contribution >= 0.6 is 0 Å². The minimum absolute atomic E-state index is 0.0882. The van der Waals surface area contributed by atoms with Gasteiger partial charge in [0.25, 0.3) is 5.91 Å². The van der Waals surface area contributed by atoms with E-state index in [1.165, 1.54) is 0 Å². The van der Waals surface area contributed by atoms with Crippen molar-refractivity contribution in [3.8, 4) is 5.75 Å². The maximum atomic E-state index is 11.8. The fourth-order valence-electron chi connectivity index (χ4n) is 2.50. The van der Waals surface area contributed by atoms with Gasteiger partial charge in [-0.05, 0) is 44.0 Å². The Morgan fingerprint density at radius 2 is 1.72 bits per heavy atom. The smallest absolute Gasteiger partial charge is 0.344 e. The van der Waals surface area contributed by atoms with Crippen LogP contribution in [0.1, 0.15) is 27.0 Å². The summed E-state index contributed by atoms with van der Waals surface area (Å²) in [4.78, 5) is 27.4. The first kappa shape index (κ1) is 18.4. The maximum Gasteiger partial charge on any atom is 0.344 e. The van der Waals surface area contributed by atoms with Crippen LogP contribution < -0.4 is 10.1 Å². The highest BCUT2D eigenvalue weighted by atomic mass is 16.6. The van der Waals surface area contributed by atoms with Gasteiger partial charge in [0.15, 0.2) is 6.61 Å². The van der Waals surface area contributed by atoms with Crippen molar-refractivity contribution < 1.29 is 19.1 Å². The summed E-state index contributed by atoms with van der Waals surface area (Å²) < 4.78 is 10.6. The third kappa shape index (κ3) is 5.60. The van der Waals surface area contributed by atoms with Gasteiger partial charge < -0.3 is 14.8 Å². The summed E-state index contributed by atoms with van der Waals surface area (Å²) in [7, 11) is 0. The van der Waals surface area contributed by atoms with Crippen molar-refractivity contribution in [3.63, 3.8) is 0 Å². The fourth-order valence-corrected chi connectivity index (χ4v) is 2.50. The van der Waals surface area contributed by atoms with E-state index in [9.17, 15) is 9.59 Å². The minimum Gasteiger partial charge on any atom is -0.481 e. The van der Waals surface area contributed by atoms with Crippen molar-refractivity contribution >= 4 is 11.9 Å². The number of hydrogen-bond donors (Lipinski definition) is 1. The number of aromatic nitrogens is 1. The third-order valence-corrected chi connectivity index (χ3v) is 3.53. The molecule has 1 aromatic carbocycles. The van der Waals surface area contributed by atoms with Crippen LogP contribution in [0.15, 0.2) is 36.7 Å². The number of benzene rings is 1. The lowest BCUT2D eigenvalue weighted by molar-refractivity contribution is -0.145. The number of carbonyl (C=O) groups excluding carboxylic acids is 2. The van der Waals surface area contributed by atoms with Crippen LogP contribution in [0.5, 0.6) is 5.75 Å². The van der Waals surface area contributed by atoms with Crippen molar-refractivity contribution in [1.82, 2.24) is 10.3 Å². The monoisotopic (exact) mass is 342 g/mol. The normalized spacial score (nSPS) is 10.2. The molecule has 0 bridgehead atoms. The molecule has 0 aliphatic carbocycles. The lowest BCUT2D eigenvalue weighted by atomic mass is 10.1. The quantitative estimate of drug-likeness (QED) is 0.617. The molecule has 1 aromatic heterocycles. The summed E-state index contributed by atoms with van der Waals surface area (Å²) in [5.74, 6) is -0.00770. The van der Waals surface area contributed by atoms with Gasteiger partial charge in [-0.1, -0.05) is 17.7 Å². The summed E-state index contributed by atoms with van der Waals surface area (Å²) in [6.07, 6.45) is 3.09. The lowest BCUT2D eigenvalue weighted by Gasteiger charge is -2.13. The predicted molar refractivity (Wildman–Crippen MR) is 93.7 cm³/mol. The van der Waals surface area contributed by atoms with E-state index in [4.69, 9.17) is 9.47 Å². The van der Waals surface area contributed by atoms with Crippen LogP contribution in [-0.2, 0) is 9.53 Å². The molecule has 132 valence electrons. The van der Waals surface area contributed by atoms with Crippen LogP contribution in [0, 0.1) is 20.8 Å². The van der Waals surface area contributed by atoms with Gasteiger partial charge in [-0.15, -0.1) is 0 Å². The van der Waals surface area contributed by atoms with Crippen LogP contribution in [0.25, 0.3) is 0 Å². The van der Waals surface area contributed by atoms with Crippen molar-refractivity contribution in [3.05, 3.63) is 58.9 Å². The lowest BCUT2D eigenvalue weighted by Crippen LogP contribution is -2.28. The molecular formula is C19H22N2O4. The summed E-state index contributed by atoms with van der Waals surface area (Å²) in [5, 5.41) is 2.67. The Balaban J connectivity index is 1.70. The Labute approximate surface area is 147 Å². The number of carbonyl (C=O) groups is 2. The Morgan fingerprint density at radius 1 is 1.08 bits per heavy atom. The van der Waals surface area contributed by atoms with Crippen LogP contribution in [0.4, 0.5) is 0 Å². The largest absolute Gasteiger partial charge is 0.481 e. The summed E-state index contributed by atoms with van der Waals surface area (Å²) in [5.41, 5.74) is 3.62. The summed E-state index contributed by atoms with van der Waals surface area (Å²) in [6.45, 7) is 6.05. The number of amides is 1. The molecule has 0 atom stereocenters. The van der Waals surface area contributed by atoms with Crippen molar-refractivity contribution in [2.75, 3.05) is 19.8 Å². The Hall–Kier alpha value is -2.89. The maximum absolute atomic E-state index is 11.8. The number of pyridine rings is 1. The minimum atomic E-state index is -0.475. The molecule has 1 amide bonds. The number of ether oxygens (including phenoxy) is 2. The zero-order valence-corrected chi connectivity index (χ0v) is 14.7. The van der Waals surface area contributed by atoms with E-state index in [1.807, 2.05) is 32.9 Å². The molecule has 1 heterocycles. The van der Waals surface area contributed by atoms with Gasteiger partial charge >= 0.3 is 5.97 Å². The highest BCUT2D eigenvalue weighted by Gasteiger charge is 2.10. The molecule has 6 heteroatoms. The second-order valence-corrected chi connectivity index (χ2v) is 5.73. The highest BCUT2D eigenvalue weighted by Crippen LogP contribution is 2.24. The van der Waals surface area contributed by atoms with E-state index in [2.05, 4.69) is 10.3 Å². The number of hydrogen-bond acceptors (Lipinski definition) is 5. The average Bonchev–Trinajstić information content (AvgIpc) is 2.58. The molecule has 0 spiro atoms. The zero-order chi connectivity index (χ0) is 18.2. The zero-order valence-electron chi connectivity index (χ0n) is 14.7. The van der Waals surface area contributed by atoms with Gasteiger partial charge in [-0.3, -0.25) is 9.78 Å². The molecule has 0 unspecified atom stereocenters. The Kier molecular flexibility index (Phi) is 6.51. The first-order valence-electron chi connectivity index (χ1n) is 8.02. The summed E-state index contributed by atoms with van der Waals surface area (Å²) in [6, 6.07) is 7.23. The van der Waals surface area contributed by atoms with Crippen LogP contribution in [0.2, 0.25) is 0 Å². The number of nitrogens with zero attached hydrogens (tertiary/aromatic N) is 1. The van der Waals surface area contributed by atoms with E-state index in [1.54, 1.807) is 24.5 Å².